The van der Waals surface area contributed by atoms with E-state index in [1.807, 2.05) is 0 Å². The summed E-state index contributed by atoms with van der Waals surface area (Å²) in [7, 11) is 0. The lowest BCUT2D eigenvalue weighted by molar-refractivity contribution is -0.118. The summed E-state index contributed by atoms with van der Waals surface area (Å²) in [5, 5.41) is 11.7. The first-order valence-electron chi connectivity index (χ1n) is 7.40. The third kappa shape index (κ3) is 3.79. The van der Waals surface area contributed by atoms with Crippen molar-refractivity contribution < 1.29 is 9.18 Å². The van der Waals surface area contributed by atoms with Crippen molar-refractivity contribution in [3.8, 4) is 11.4 Å². The van der Waals surface area contributed by atoms with Crippen LogP contribution in [0, 0.1) is 5.82 Å². The predicted octanol–water partition coefficient (Wildman–Crippen LogP) is 2.64. The van der Waals surface area contributed by atoms with E-state index in [-0.39, 0.29) is 17.5 Å². The minimum atomic E-state index is -0.353. The molecular weight excluding hydrogens is 315 g/mol. The molecule has 0 unspecified atom stereocenters. The number of allylic oxidation sites excluding steroid dienone is 1. The Morgan fingerprint density at radius 2 is 2.22 bits per heavy atom. The third-order valence-corrected chi connectivity index (χ3v) is 4.38. The molecule has 0 radical (unpaired) electrons. The maximum absolute atomic E-state index is 14.0. The van der Waals surface area contributed by atoms with Gasteiger partial charge in [0.05, 0.1) is 11.3 Å². The summed E-state index contributed by atoms with van der Waals surface area (Å²) < 4.78 is 15.8. The molecule has 1 aromatic heterocycles. The van der Waals surface area contributed by atoms with E-state index in [0.717, 1.165) is 12.8 Å². The lowest BCUT2D eigenvalue weighted by Crippen LogP contribution is -2.27. The average molecular weight is 332 g/mol. The fraction of sp³-hybridized carbons (Fsp3) is 0.312. The number of nitrogens with one attached hydrogen (secondary N) is 1. The Morgan fingerprint density at radius 1 is 1.43 bits per heavy atom. The van der Waals surface area contributed by atoms with Gasteiger partial charge < -0.3 is 5.32 Å². The number of rotatable bonds is 7. The van der Waals surface area contributed by atoms with Crippen LogP contribution < -0.4 is 5.32 Å². The molecule has 1 heterocycles. The van der Waals surface area contributed by atoms with Gasteiger partial charge in [0.2, 0.25) is 5.91 Å². The topological polar surface area (TPSA) is 59.8 Å². The zero-order chi connectivity index (χ0) is 16.2. The Bertz CT molecular complexity index is 727. The minimum Gasteiger partial charge on any atom is -0.353 e. The maximum atomic E-state index is 14.0. The Balaban J connectivity index is 1.79. The van der Waals surface area contributed by atoms with Crippen LogP contribution in [0.2, 0.25) is 0 Å². The molecule has 3 rings (SSSR count). The van der Waals surface area contributed by atoms with Crippen LogP contribution in [-0.2, 0) is 11.3 Å². The van der Waals surface area contributed by atoms with Gasteiger partial charge >= 0.3 is 0 Å². The Labute approximate surface area is 138 Å². The van der Waals surface area contributed by atoms with E-state index in [2.05, 4.69) is 22.1 Å². The molecule has 0 aliphatic heterocycles. The van der Waals surface area contributed by atoms with Crippen LogP contribution in [0.4, 0.5) is 4.39 Å². The number of halogens is 1. The molecule has 1 amide bonds. The molecule has 0 bridgehead atoms. The fourth-order valence-electron chi connectivity index (χ4n) is 2.16. The van der Waals surface area contributed by atoms with Crippen LogP contribution in [0.15, 0.2) is 42.1 Å². The lowest BCUT2D eigenvalue weighted by atomic mass is 10.2. The van der Waals surface area contributed by atoms with Crippen LogP contribution in [0.1, 0.15) is 12.8 Å². The molecule has 1 aliphatic carbocycles. The van der Waals surface area contributed by atoms with Gasteiger partial charge in [0.1, 0.15) is 5.82 Å². The molecule has 1 aliphatic rings. The van der Waals surface area contributed by atoms with Gasteiger partial charge in [-0.15, -0.1) is 16.8 Å². The smallest absolute Gasteiger partial charge is 0.230 e. The van der Waals surface area contributed by atoms with Gasteiger partial charge in [0, 0.05) is 12.6 Å². The molecule has 0 atom stereocenters. The number of thioether (sulfide) groups is 1. The zero-order valence-corrected chi connectivity index (χ0v) is 13.4. The standard InChI is InChI=1S/C16H17FN4OS/c1-2-9-21-15(12-5-3-4-6-13(12)17)19-20-16(21)23-10-14(22)18-11-7-8-11/h2-6,11H,1,7-10H2,(H,18,22). The second-order valence-electron chi connectivity index (χ2n) is 5.32. The Hall–Kier alpha value is -2.15. The monoisotopic (exact) mass is 332 g/mol. The van der Waals surface area contributed by atoms with Gasteiger partial charge in [0.15, 0.2) is 11.0 Å². The van der Waals surface area contributed by atoms with Crippen molar-refractivity contribution in [3.05, 3.63) is 42.7 Å². The number of carbonyl (C=O) groups excluding carboxylic acids is 1. The van der Waals surface area contributed by atoms with Crippen molar-refractivity contribution in [2.45, 2.75) is 30.6 Å². The van der Waals surface area contributed by atoms with Gasteiger partial charge in [-0.1, -0.05) is 30.0 Å². The molecule has 1 aromatic carbocycles. The van der Waals surface area contributed by atoms with E-state index in [1.165, 1.54) is 17.8 Å². The molecule has 7 heteroatoms. The van der Waals surface area contributed by atoms with Crippen LogP contribution in [0.25, 0.3) is 11.4 Å². The molecule has 23 heavy (non-hydrogen) atoms. The summed E-state index contributed by atoms with van der Waals surface area (Å²) in [6, 6.07) is 6.76. The van der Waals surface area contributed by atoms with E-state index >= 15 is 0 Å². The molecule has 0 spiro atoms. The summed E-state index contributed by atoms with van der Waals surface area (Å²) in [6.45, 7) is 4.17. The molecule has 2 aromatic rings. The van der Waals surface area contributed by atoms with Gasteiger partial charge in [0.25, 0.3) is 0 Å². The lowest BCUT2D eigenvalue weighted by Gasteiger charge is -2.08. The van der Waals surface area contributed by atoms with Crippen LogP contribution in [0.5, 0.6) is 0 Å². The van der Waals surface area contributed by atoms with Crippen molar-refractivity contribution in [1.29, 1.82) is 0 Å². The minimum absolute atomic E-state index is 0.0157. The van der Waals surface area contributed by atoms with E-state index in [9.17, 15) is 9.18 Å². The molecule has 0 saturated heterocycles. The summed E-state index contributed by atoms with van der Waals surface area (Å²) in [5.41, 5.74) is 0.385. The highest BCUT2D eigenvalue weighted by Gasteiger charge is 2.23. The van der Waals surface area contributed by atoms with Crippen molar-refractivity contribution in [1.82, 2.24) is 20.1 Å². The molecule has 120 valence electrons. The maximum Gasteiger partial charge on any atom is 0.230 e. The van der Waals surface area contributed by atoms with Crippen molar-refractivity contribution in [2.24, 2.45) is 0 Å². The Kier molecular flexibility index (Phi) is 4.76. The number of nitrogens with zero attached hydrogens (tertiary/aromatic N) is 3. The number of hydrogen-bond donors (Lipinski definition) is 1. The molecule has 1 N–H and O–H groups in total. The number of aromatic nitrogens is 3. The van der Waals surface area contributed by atoms with E-state index < -0.39 is 0 Å². The normalized spacial score (nSPS) is 13.8. The first-order valence-corrected chi connectivity index (χ1v) is 8.38. The second-order valence-corrected chi connectivity index (χ2v) is 6.26. The highest BCUT2D eigenvalue weighted by Crippen LogP contribution is 2.26. The number of hydrogen-bond acceptors (Lipinski definition) is 4. The number of carbonyl (C=O) groups is 1. The predicted molar refractivity (Wildman–Crippen MR) is 87.5 cm³/mol. The second kappa shape index (κ2) is 6.95. The van der Waals surface area contributed by atoms with Gasteiger partial charge in [-0.25, -0.2) is 4.39 Å². The third-order valence-electron chi connectivity index (χ3n) is 3.42. The Morgan fingerprint density at radius 3 is 2.91 bits per heavy atom. The fourth-order valence-corrected chi connectivity index (χ4v) is 2.92. The summed E-state index contributed by atoms with van der Waals surface area (Å²) in [4.78, 5) is 11.8. The summed E-state index contributed by atoms with van der Waals surface area (Å²) >= 11 is 1.29. The molecule has 5 nitrogen and oxygen atoms in total. The van der Waals surface area contributed by atoms with Crippen LogP contribution >= 0.6 is 11.8 Å². The average Bonchev–Trinajstić information content (AvgIpc) is 3.26. The SMILES string of the molecule is C=CCn1c(SCC(=O)NC2CC2)nnc1-c1ccccc1F. The van der Waals surface area contributed by atoms with Gasteiger partial charge in [-0.3, -0.25) is 9.36 Å². The highest BCUT2D eigenvalue weighted by molar-refractivity contribution is 7.99. The highest BCUT2D eigenvalue weighted by atomic mass is 32.2. The van der Waals surface area contributed by atoms with Gasteiger partial charge in [-0.05, 0) is 25.0 Å². The van der Waals surface area contributed by atoms with Crippen molar-refractivity contribution in [2.75, 3.05) is 5.75 Å². The van der Waals surface area contributed by atoms with E-state index in [4.69, 9.17) is 0 Å². The van der Waals surface area contributed by atoms with Crippen LogP contribution in [-0.4, -0.2) is 32.5 Å². The summed E-state index contributed by atoms with van der Waals surface area (Å²) in [5.74, 6) is 0.336. The molecular formula is C16H17FN4OS. The first-order chi connectivity index (χ1) is 11.2. The van der Waals surface area contributed by atoms with E-state index in [1.54, 1.807) is 28.8 Å². The van der Waals surface area contributed by atoms with Crippen LogP contribution in [0.3, 0.4) is 0 Å². The first kappa shape index (κ1) is 15.7. The number of amides is 1. The molecule has 1 saturated carbocycles. The molecule has 1 fully saturated rings. The largest absolute Gasteiger partial charge is 0.353 e. The van der Waals surface area contributed by atoms with Gasteiger partial charge in [-0.2, -0.15) is 0 Å². The zero-order valence-electron chi connectivity index (χ0n) is 12.5. The van der Waals surface area contributed by atoms with Crippen molar-refractivity contribution >= 4 is 17.7 Å². The van der Waals surface area contributed by atoms with E-state index in [0.29, 0.717) is 29.1 Å². The quantitative estimate of drug-likeness (QED) is 0.625. The van der Waals surface area contributed by atoms with Crippen molar-refractivity contribution in [3.63, 3.8) is 0 Å². The summed E-state index contributed by atoms with van der Waals surface area (Å²) in [6.07, 6.45) is 3.81. The number of benzene rings is 1.